The Morgan fingerprint density at radius 1 is 1.25 bits per heavy atom. The number of aliphatic hydroxyl groups is 1. The highest BCUT2D eigenvalue weighted by molar-refractivity contribution is 7.80. The van der Waals surface area contributed by atoms with E-state index in [4.69, 9.17) is 5.11 Å². The van der Waals surface area contributed by atoms with Crippen LogP contribution in [0, 0.1) is 5.41 Å². The fraction of sp³-hybridized carbons (Fsp3) is 0.917. The number of unbranched alkanes of at least 4 members (excludes halogenated alkanes) is 3. The Labute approximate surface area is 103 Å². The minimum atomic E-state index is 0.175. The number of aliphatic hydroxyl groups excluding tert-OH is 1. The van der Waals surface area contributed by atoms with Crippen molar-refractivity contribution in [2.24, 2.45) is 5.41 Å². The summed E-state index contributed by atoms with van der Waals surface area (Å²) in [4.78, 5) is 11.6. The van der Waals surface area contributed by atoms with Gasteiger partial charge in [0, 0.05) is 19.6 Å². The van der Waals surface area contributed by atoms with Crippen molar-refractivity contribution in [3.05, 3.63) is 0 Å². The SMILES string of the molecule is O=C(CC1(CS)CC1)NCCCCCCO. The number of hydrogen-bond donors (Lipinski definition) is 3. The Bertz CT molecular complexity index is 217. The molecule has 0 aromatic heterocycles. The van der Waals surface area contributed by atoms with E-state index in [1.807, 2.05) is 0 Å². The summed E-state index contributed by atoms with van der Waals surface area (Å²) in [5.74, 6) is 1.01. The van der Waals surface area contributed by atoms with Gasteiger partial charge in [-0.15, -0.1) is 0 Å². The Morgan fingerprint density at radius 2 is 1.94 bits per heavy atom. The average Bonchev–Trinajstić information content (AvgIpc) is 3.04. The van der Waals surface area contributed by atoms with Gasteiger partial charge in [0.2, 0.25) is 5.91 Å². The zero-order chi connectivity index (χ0) is 11.9. The van der Waals surface area contributed by atoms with Crippen LogP contribution < -0.4 is 5.32 Å². The van der Waals surface area contributed by atoms with Crippen molar-refractivity contribution in [1.82, 2.24) is 5.32 Å². The van der Waals surface area contributed by atoms with E-state index >= 15 is 0 Å². The van der Waals surface area contributed by atoms with Gasteiger partial charge in [0.15, 0.2) is 0 Å². The van der Waals surface area contributed by atoms with Crippen LogP contribution >= 0.6 is 12.6 Å². The summed E-state index contributed by atoms with van der Waals surface area (Å²) < 4.78 is 0. The Morgan fingerprint density at radius 3 is 2.50 bits per heavy atom. The average molecular weight is 245 g/mol. The molecule has 0 aromatic rings. The molecule has 1 amide bonds. The number of amides is 1. The number of carbonyl (C=O) groups is 1. The fourth-order valence-electron chi connectivity index (χ4n) is 1.79. The lowest BCUT2D eigenvalue weighted by molar-refractivity contribution is -0.122. The van der Waals surface area contributed by atoms with E-state index in [0.29, 0.717) is 6.42 Å². The molecule has 0 spiro atoms. The van der Waals surface area contributed by atoms with Gasteiger partial charge >= 0.3 is 0 Å². The van der Waals surface area contributed by atoms with E-state index in [-0.39, 0.29) is 17.9 Å². The quantitative estimate of drug-likeness (QED) is 0.428. The first-order valence-electron chi connectivity index (χ1n) is 6.21. The maximum atomic E-state index is 11.6. The van der Waals surface area contributed by atoms with Gasteiger partial charge in [0.1, 0.15) is 0 Å². The maximum absolute atomic E-state index is 11.6. The molecule has 3 nitrogen and oxygen atoms in total. The molecule has 94 valence electrons. The summed E-state index contributed by atoms with van der Waals surface area (Å²) in [6.45, 7) is 1.05. The van der Waals surface area contributed by atoms with E-state index in [1.54, 1.807) is 0 Å². The summed E-state index contributed by atoms with van der Waals surface area (Å²) in [6.07, 6.45) is 6.97. The first-order valence-corrected chi connectivity index (χ1v) is 6.84. The monoisotopic (exact) mass is 245 g/mol. The largest absolute Gasteiger partial charge is 0.396 e. The van der Waals surface area contributed by atoms with Gasteiger partial charge in [-0.3, -0.25) is 4.79 Å². The lowest BCUT2D eigenvalue weighted by Crippen LogP contribution is -2.27. The number of hydrogen-bond acceptors (Lipinski definition) is 3. The van der Waals surface area contributed by atoms with Gasteiger partial charge in [-0.2, -0.15) is 12.6 Å². The van der Waals surface area contributed by atoms with Crippen LogP contribution in [0.2, 0.25) is 0 Å². The van der Waals surface area contributed by atoms with Crippen molar-refractivity contribution in [2.75, 3.05) is 18.9 Å². The standard InChI is InChI=1S/C12H23NO2S/c14-8-4-2-1-3-7-13-11(15)9-12(10-16)5-6-12/h14,16H,1-10H2,(H,13,15). The zero-order valence-electron chi connectivity index (χ0n) is 9.87. The van der Waals surface area contributed by atoms with Crippen LogP contribution in [0.25, 0.3) is 0 Å². The molecule has 2 N–H and O–H groups in total. The molecule has 1 saturated carbocycles. The van der Waals surface area contributed by atoms with E-state index < -0.39 is 0 Å². The van der Waals surface area contributed by atoms with Crippen LogP contribution in [0.15, 0.2) is 0 Å². The molecule has 0 atom stereocenters. The van der Waals surface area contributed by atoms with Gasteiger partial charge in [0.25, 0.3) is 0 Å². The third kappa shape index (κ3) is 5.21. The van der Waals surface area contributed by atoms with E-state index in [9.17, 15) is 4.79 Å². The van der Waals surface area contributed by atoms with Crippen LogP contribution in [-0.2, 0) is 4.79 Å². The number of carbonyl (C=O) groups excluding carboxylic acids is 1. The summed E-state index contributed by atoms with van der Waals surface area (Å²) in [6, 6.07) is 0. The van der Waals surface area contributed by atoms with Gasteiger partial charge in [0.05, 0.1) is 0 Å². The van der Waals surface area contributed by atoms with E-state index in [2.05, 4.69) is 17.9 Å². The first kappa shape index (κ1) is 13.8. The van der Waals surface area contributed by atoms with Gasteiger partial charge in [-0.25, -0.2) is 0 Å². The molecular weight excluding hydrogens is 222 g/mol. The molecule has 1 rings (SSSR count). The number of nitrogens with one attached hydrogen (secondary N) is 1. The molecule has 1 aliphatic carbocycles. The van der Waals surface area contributed by atoms with Crippen LogP contribution in [0.4, 0.5) is 0 Å². The first-order chi connectivity index (χ1) is 7.72. The molecule has 1 aliphatic rings. The molecule has 16 heavy (non-hydrogen) atoms. The minimum Gasteiger partial charge on any atom is -0.396 e. The van der Waals surface area contributed by atoms with E-state index in [0.717, 1.165) is 50.8 Å². The Hall–Kier alpha value is -0.220. The molecule has 1 fully saturated rings. The van der Waals surface area contributed by atoms with Crippen molar-refractivity contribution in [3.63, 3.8) is 0 Å². The van der Waals surface area contributed by atoms with Gasteiger partial charge < -0.3 is 10.4 Å². The molecule has 0 heterocycles. The predicted octanol–water partition coefficient (Wildman–Crippen LogP) is 1.76. The van der Waals surface area contributed by atoms with Crippen LogP contribution in [0.1, 0.15) is 44.9 Å². The molecular formula is C12H23NO2S. The predicted molar refractivity (Wildman–Crippen MR) is 68.7 cm³/mol. The van der Waals surface area contributed by atoms with Crippen molar-refractivity contribution in [1.29, 1.82) is 0 Å². The zero-order valence-corrected chi connectivity index (χ0v) is 10.8. The molecule has 0 aliphatic heterocycles. The van der Waals surface area contributed by atoms with Crippen LogP contribution in [0.3, 0.4) is 0 Å². The lowest BCUT2D eigenvalue weighted by Gasteiger charge is -2.11. The lowest BCUT2D eigenvalue weighted by atomic mass is 10.1. The molecule has 0 unspecified atom stereocenters. The fourth-order valence-corrected chi connectivity index (χ4v) is 2.22. The number of rotatable bonds is 9. The maximum Gasteiger partial charge on any atom is 0.220 e. The normalized spacial score (nSPS) is 17.1. The Kier molecular flexibility index (Phi) is 6.21. The van der Waals surface area contributed by atoms with Crippen molar-refractivity contribution in [2.45, 2.75) is 44.9 Å². The summed E-state index contributed by atoms with van der Waals surface area (Å²) in [5, 5.41) is 11.6. The second-order valence-corrected chi connectivity index (χ2v) is 5.14. The van der Waals surface area contributed by atoms with E-state index in [1.165, 1.54) is 0 Å². The smallest absolute Gasteiger partial charge is 0.220 e. The van der Waals surface area contributed by atoms with Crippen LogP contribution in [-0.4, -0.2) is 29.9 Å². The highest BCUT2D eigenvalue weighted by Gasteiger charge is 2.42. The second kappa shape index (κ2) is 7.17. The van der Waals surface area contributed by atoms with Gasteiger partial charge in [-0.05, 0) is 36.9 Å². The van der Waals surface area contributed by atoms with Crippen molar-refractivity contribution < 1.29 is 9.90 Å². The molecule has 0 radical (unpaired) electrons. The summed E-state index contributed by atoms with van der Waals surface area (Å²) in [7, 11) is 0. The topological polar surface area (TPSA) is 49.3 Å². The summed E-state index contributed by atoms with van der Waals surface area (Å²) in [5.41, 5.74) is 0.226. The van der Waals surface area contributed by atoms with Gasteiger partial charge in [-0.1, -0.05) is 12.8 Å². The van der Waals surface area contributed by atoms with Crippen molar-refractivity contribution in [3.8, 4) is 0 Å². The second-order valence-electron chi connectivity index (χ2n) is 4.82. The Balaban J connectivity index is 1.94. The molecule has 0 saturated heterocycles. The van der Waals surface area contributed by atoms with Crippen molar-refractivity contribution >= 4 is 18.5 Å². The third-order valence-corrected chi connectivity index (χ3v) is 3.91. The molecule has 4 heteroatoms. The highest BCUT2D eigenvalue weighted by Crippen LogP contribution is 2.49. The summed E-state index contributed by atoms with van der Waals surface area (Å²) >= 11 is 4.28. The molecule has 0 bridgehead atoms. The third-order valence-electron chi connectivity index (χ3n) is 3.24. The number of thiol groups is 1. The highest BCUT2D eigenvalue weighted by atomic mass is 32.1. The minimum absolute atomic E-state index is 0.175. The van der Waals surface area contributed by atoms with Crippen LogP contribution in [0.5, 0.6) is 0 Å². The molecule has 0 aromatic carbocycles.